The second-order valence-electron chi connectivity index (χ2n) is 5.21. The third-order valence-corrected chi connectivity index (χ3v) is 3.65. The first kappa shape index (κ1) is 18.3. The van der Waals surface area contributed by atoms with E-state index in [-0.39, 0.29) is 5.56 Å². The van der Waals surface area contributed by atoms with Gasteiger partial charge in [-0.2, -0.15) is 0 Å². The molecule has 0 bridgehead atoms. The van der Waals surface area contributed by atoms with E-state index in [4.69, 9.17) is 9.47 Å². The molecule has 0 aliphatic heterocycles. The summed E-state index contributed by atoms with van der Waals surface area (Å²) in [6.45, 7) is 0. The van der Waals surface area contributed by atoms with Crippen molar-refractivity contribution < 1.29 is 29.3 Å². The van der Waals surface area contributed by atoms with Gasteiger partial charge in [0.05, 0.1) is 14.2 Å². The Morgan fingerprint density at radius 1 is 1.00 bits per heavy atom. The Morgan fingerprint density at radius 2 is 1.64 bits per heavy atom. The second kappa shape index (κ2) is 8.16. The lowest BCUT2D eigenvalue weighted by Gasteiger charge is -2.21. The van der Waals surface area contributed by atoms with Crippen LogP contribution in [0.15, 0.2) is 48.5 Å². The predicted octanol–water partition coefficient (Wildman–Crippen LogP) is 1.62. The Hall–Kier alpha value is -3.06. The number of aliphatic hydroxyl groups is 1. The van der Waals surface area contributed by atoms with Crippen LogP contribution in [0.3, 0.4) is 0 Å². The zero-order chi connectivity index (χ0) is 18.4. The molecule has 3 N–H and O–H groups in total. The highest BCUT2D eigenvalue weighted by atomic mass is 16.5. The number of methoxy groups -OCH3 is 2. The third-order valence-electron chi connectivity index (χ3n) is 3.65. The van der Waals surface area contributed by atoms with Crippen molar-refractivity contribution in [2.24, 2.45) is 0 Å². The number of carboxylic acids is 1. The lowest BCUT2D eigenvalue weighted by atomic mass is 10.0. The molecular weight excluding hydrogens is 326 g/mol. The van der Waals surface area contributed by atoms with E-state index in [1.807, 2.05) is 0 Å². The molecule has 0 fully saturated rings. The molecule has 132 valence electrons. The Labute approximate surface area is 144 Å². The number of nitrogens with one attached hydrogen (secondary N) is 1. The molecule has 2 unspecified atom stereocenters. The van der Waals surface area contributed by atoms with Gasteiger partial charge < -0.3 is 25.0 Å². The van der Waals surface area contributed by atoms with E-state index in [9.17, 15) is 19.8 Å². The average Bonchev–Trinajstić information content (AvgIpc) is 2.65. The summed E-state index contributed by atoms with van der Waals surface area (Å²) < 4.78 is 10.3. The van der Waals surface area contributed by atoms with Crippen LogP contribution in [0.25, 0.3) is 0 Å². The summed E-state index contributed by atoms with van der Waals surface area (Å²) in [7, 11) is 2.90. The first-order valence-electron chi connectivity index (χ1n) is 7.46. The predicted molar refractivity (Wildman–Crippen MR) is 89.8 cm³/mol. The van der Waals surface area contributed by atoms with E-state index in [1.165, 1.54) is 26.4 Å². The van der Waals surface area contributed by atoms with Crippen LogP contribution < -0.4 is 14.8 Å². The number of hydrogen-bond donors (Lipinski definition) is 3. The minimum absolute atomic E-state index is 0.276. The molecule has 0 radical (unpaired) electrons. The summed E-state index contributed by atoms with van der Waals surface area (Å²) in [4.78, 5) is 23.7. The van der Waals surface area contributed by atoms with Gasteiger partial charge in [-0.05, 0) is 29.8 Å². The molecule has 7 nitrogen and oxygen atoms in total. The number of hydrogen-bond acceptors (Lipinski definition) is 5. The van der Waals surface area contributed by atoms with Gasteiger partial charge >= 0.3 is 5.97 Å². The SMILES string of the molecule is COc1ccc(C(O)C(NC(=O)c2ccccc2)C(=O)O)cc1OC. The fourth-order valence-electron chi connectivity index (χ4n) is 2.32. The first-order chi connectivity index (χ1) is 12.0. The number of aliphatic carboxylic acids is 1. The topological polar surface area (TPSA) is 105 Å². The van der Waals surface area contributed by atoms with Crippen molar-refractivity contribution in [3.05, 3.63) is 59.7 Å². The van der Waals surface area contributed by atoms with Crippen LogP contribution in [0.5, 0.6) is 11.5 Å². The minimum atomic E-state index is -1.52. The summed E-state index contributed by atoms with van der Waals surface area (Å²) in [6.07, 6.45) is -1.47. The molecule has 1 amide bonds. The molecule has 0 aromatic heterocycles. The quantitative estimate of drug-likeness (QED) is 0.704. The summed E-state index contributed by atoms with van der Waals surface area (Å²) in [5.41, 5.74) is 0.576. The maximum atomic E-state index is 12.2. The Morgan fingerprint density at radius 3 is 2.20 bits per heavy atom. The average molecular weight is 345 g/mol. The number of aliphatic hydroxyl groups excluding tert-OH is 1. The van der Waals surface area contributed by atoms with Gasteiger partial charge in [-0.3, -0.25) is 4.79 Å². The number of carbonyl (C=O) groups is 2. The number of carbonyl (C=O) groups excluding carboxylic acids is 1. The molecule has 0 saturated heterocycles. The van der Waals surface area contributed by atoms with Crippen LogP contribution in [0, 0.1) is 0 Å². The van der Waals surface area contributed by atoms with E-state index in [0.29, 0.717) is 17.1 Å². The molecule has 2 aromatic carbocycles. The number of amides is 1. The normalized spacial score (nSPS) is 12.8. The molecule has 0 spiro atoms. The zero-order valence-electron chi connectivity index (χ0n) is 13.8. The molecule has 0 heterocycles. The summed E-state index contributed by atoms with van der Waals surface area (Å²) in [5.74, 6) is -1.16. The van der Waals surface area contributed by atoms with Crippen molar-refractivity contribution in [3.8, 4) is 11.5 Å². The number of ether oxygens (including phenoxy) is 2. The van der Waals surface area contributed by atoms with Gasteiger partial charge in [-0.15, -0.1) is 0 Å². The third kappa shape index (κ3) is 4.27. The number of rotatable bonds is 7. The molecule has 25 heavy (non-hydrogen) atoms. The largest absolute Gasteiger partial charge is 0.493 e. The van der Waals surface area contributed by atoms with Crippen molar-refractivity contribution in [3.63, 3.8) is 0 Å². The van der Waals surface area contributed by atoms with Gasteiger partial charge in [-0.1, -0.05) is 24.3 Å². The highest BCUT2D eigenvalue weighted by molar-refractivity contribution is 5.96. The molecule has 0 aliphatic rings. The minimum Gasteiger partial charge on any atom is -0.493 e. The molecular formula is C18H19NO6. The number of carboxylic acid groups (broad SMARTS) is 1. The first-order valence-corrected chi connectivity index (χ1v) is 7.46. The van der Waals surface area contributed by atoms with Gasteiger partial charge in [-0.25, -0.2) is 4.79 Å². The van der Waals surface area contributed by atoms with Crippen LogP contribution in [-0.4, -0.2) is 42.4 Å². The zero-order valence-corrected chi connectivity index (χ0v) is 13.8. The molecule has 7 heteroatoms. The molecule has 2 rings (SSSR count). The van der Waals surface area contributed by atoms with Crippen LogP contribution in [0.1, 0.15) is 22.0 Å². The van der Waals surface area contributed by atoms with Crippen LogP contribution in [0.4, 0.5) is 0 Å². The number of benzene rings is 2. The fourth-order valence-corrected chi connectivity index (χ4v) is 2.32. The van der Waals surface area contributed by atoms with Crippen molar-refractivity contribution in [2.75, 3.05) is 14.2 Å². The van der Waals surface area contributed by atoms with Crippen molar-refractivity contribution in [2.45, 2.75) is 12.1 Å². The van der Waals surface area contributed by atoms with Gasteiger partial charge in [0.2, 0.25) is 0 Å². The summed E-state index contributed by atoms with van der Waals surface area (Å²) >= 11 is 0. The van der Waals surface area contributed by atoms with Crippen LogP contribution in [-0.2, 0) is 4.79 Å². The molecule has 0 aliphatic carbocycles. The lowest BCUT2D eigenvalue weighted by molar-refractivity contribution is -0.142. The van der Waals surface area contributed by atoms with Crippen LogP contribution >= 0.6 is 0 Å². The van der Waals surface area contributed by atoms with Crippen molar-refractivity contribution >= 4 is 11.9 Å². The molecule has 0 saturated carbocycles. The van der Waals surface area contributed by atoms with Gasteiger partial charge in [0, 0.05) is 5.56 Å². The molecule has 2 aromatic rings. The Balaban J connectivity index is 2.25. The summed E-state index contributed by atoms with van der Waals surface area (Å²) in [6, 6.07) is 11.2. The lowest BCUT2D eigenvalue weighted by Crippen LogP contribution is -2.45. The Kier molecular flexibility index (Phi) is 5.97. The van der Waals surface area contributed by atoms with Gasteiger partial charge in [0.25, 0.3) is 5.91 Å². The van der Waals surface area contributed by atoms with E-state index < -0.39 is 24.0 Å². The monoisotopic (exact) mass is 345 g/mol. The van der Waals surface area contributed by atoms with E-state index >= 15 is 0 Å². The smallest absolute Gasteiger partial charge is 0.329 e. The van der Waals surface area contributed by atoms with E-state index in [2.05, 4.69) is 5.32 Å². The Bertz CT molecular complexity index is 746. The summed E-state index contributed by atoms with van der Waals surface area (Å²) in [5, 5.41) is 22.2. The van der Waals surface area contributed by atoms with Crippen molar-refractivity contribution in [1.29, 1.82) is 0 Å². The highest BCUT2D eigenvalue weighted by Gasteiger charge is 2.30. The second-order valence-corrected chi connectivity index (χ2v) is 5.21. The van der Waals surface area contributed by atoms with E-state index in [1.54, 1.807) is 36.4 Å². The maximum absolute atomic E-state index is 12.2. The maximum Gasteiger partial charge on any atom is 0.329 e. The fraction of sp³-hybridized carbons (Fsp3) is 0.222. The highest BCUT2D eigenvalue weighted by Crippen LogP contribution is 2.31. The van der Waals surface area contributed by atoms with Crippen molar-refractivity contribution in [1.82, 2.24) is 5.32 Å². The standard InChI is InChI=1S/C18H19NO6/c1-24-13-9-8-12(10-14(13)25-2)16(20)15(18(22)23)19-17(21)11-6-4-3-5-7-11/h3-10,15-16,20H,1-2H3,(H,19,21)(H,22,23). The van der Waals surface area contributed by atoms with Crippen LogP contribution in [0.2, 0.25) is 0 Å². The van der Waals surface area contributed by atoms with E-state index in [0.717, 1.165) is 0 Å². The van der Waals surface area contributed by atoms with Gasteiger partial charge in [0.1, 0.15) is 6.10 Å². The molecule has 2 atom stereocenters. The van der Waals surface area contributed by atoms with Gasteiger partial charge in [0.15, 0.2) is 17.5 Å².